The van der Waals surface area contributed by atoms with Crippen LogP contribution in [0.25, 0.3) is 0 Å². The Balaban J connectivity index is 1.57. The second-order valence-corrected chi connectivity index (χ2v) is 9.42. The van der Waals surface area contributed by atoms with Crippen molar-refractivity contribution in [2.75, 3.05) is 49.6 Å². The van der Waals surface area contributed by atoms with E-state index in [1.807, 2.05) is 19.1 Å². The molecule has 0 spiro atoms. The smallest absolute Gasteiger partial charge is 0.239 e. The first-order valence-electron chi connectivity index (χ1n) is 9.02. The van der Waals surface area contributed by atoms with Crippen molar-refractivity contribution >= 4 is 21.4 Å². The van der Waals surface area contributed by atoms with Gasteiger partial charge in [0.2, 0.25) is 5.91 Å². The molecule has 1 N–H and O–H groups in total. The van der Waals surface area contributed by atoms with Gasteiger partial charge in [-0.2, -0.15) is 0 Å². The molecule has 3 rings (SSSR count). The molecule has 0 aromatic heterocycles. The Morgan fingerprint density at radius 2 is 1.88 bits per heavy atom. The van der Waals surface area contributed by atoms with E-state index in [1.165, 1.54) is 0 Å². The normalized spacial score (nSPS) is 24.4. The first kappa shape index (κ1) is 19.0. The summed E-state index contributed by atoms with van der Waals surface area (Å²) in [6.45, 7) is 4.79. The fourth-order valence-electron chi connectivity index (χ4n) is 3.79. The van der Waals surface area contributed by atoms with E-state index in [9.17, 15) is 18.3 Å². The minimum atomic E-state index is -3.00. The Morgan fingerprint density at radius 1 is 1.23 bits per heavy atom. The maximum atomic E-state index is 12.8. The lowest BCUT2D eigenvalue weighted by atomic mass is 10.1. The third kappa shape index (κ3) is 3.96. The van der Waals surface area contributed by atoms with Crippen molar-refractivity contribution < 1.29 is 18.3 Å². The van der Waals surface area contributed by atoms with E-state index in [0.717, 1.165) is 31.9 Å². The predicted octanol–water partition coefficient (Wildman–Crippen LogP) is 0.548. The van der Waals surface area contributed by atoms with Crippen LogP contribution in [0.3, 0.4) is 0 Å². The Hall–Kier alpha value is -1.80. The van der Waals surface area contributed by atoms with Crippen LogP contribution in [0.2, 0.25) is 0 Å². The van der Waals surface area contributed by atoms with Crippen LogP contribution >= 0.6 is 0 Å². The number of carbonyl (C=O) groups excluding carboxylic acids is 1. The van der Waals surface area contributed by atoms with Gasteiger partial charge in [0.1, 0.15) is 5.75 Å². The van der Waals surface area contributed by atoms with Crippen LogP contribution in [0.5, 0.6) is 5.75 Å². The molecule has 1 aromatic rings. The molecule has 0 radical (unpaired) electrons. The van der Waals surface area contributed by atoms with E-state index < -0.39 is 9.84 Å². The molecule has 8 heteroatoms. The van der Waals surface area contributed by atoms with Crippen LogP contribution in [0.1, 0.15) is 13.3 Å². The van der Waals surface area contributed by atoms with Gasteiger partial charge in [0.25, 0.3) is 0 Å². The van der Waals surface area contributed by atoms with E-state index in [0.29, 0.717) is 6.42 Å². The molecule has 2 aliphatic rings. The summed E-state index contributed by atoms with van der Waals surface area (Å²) in [6, 6.07) is 6.78. The topological polar surface area (TPSA) is 81.2 Å². The highest BCUT2D eigenvalue weighted by molar-refractivity contribution is 7.91. The number of rotatable bonds is 4. The molecule has 2 aliphatic heterocycles. The van der Waals surface area contributed by atoms with Gasteiger partial charge in [0, 0.05) is 39.3 Å². The molecule has 1 amide bonds. The standard InChI is InChI=1S/C18H27N3O4S/c1-14(18(23)19(2)15-7-12-26(24,25)13-15)20-8-10-21(11-9-20)16-5-3-4-6-17(16)22/h3-6,14-15,22H,7-13H2,1-2H3/t14-,15+/m1/s1. The first-order valence-corrected chi connectivity index (χ1v) is 10.8. The summed E-state index contributed by atoms with van der Waals surface area (Å²) >= 11 is 0. The van der Waals surface area contributed by atoms with E-state index in [4.69, 9.17) is 0 Å². The quantitative estimate of drug-likeness (QED) is 0.820. The number of sulfone groups is 1. The number of amides is 1. The number of phenols is 1. The molecule has 144 valence electrons. The molecule has 0 saturated carbocycles. The van der Waals surface area contributed by atoms with Crippen molar-refractivity contribution in [1.29, 1.82) is 0 Å². The molecule has 2 heterocycles. The number of piperazine rings is 1. The van der Waals surface area contributed by atoms with Crippen molar-refractivity contribution in [3.05, 3.63) is 24.3 Å². The Bertz CT molecular complexity index is 759. The molecule has 0 aliphatic carbocycles. The predicted molar refractivity (Wildman–Crippen MR) is 101 cm³/mol. The van der Waals surface area contributed by atoms with Gasteiger partial charge in [0.05, 0.1) is 23.2 Å². The van der Waals surface area contributed by atoms with Gasteiger partial charge in [0.15, 0.2) is 9.84 Å². The second kappa shape index (κ2) is 7.44. The van der Waals surface area contributed by atoms with Gasteiger partial charge >= 0.3 is 0 Å². The number of phenolic OH excluding ortho intramolecular Hbond substituents is 1. The van der Waals surface area contributed by atoms with E-state index >= 15 is 0 Å². The summed E-state index contributed by atoms with van der Waals surface area (Å²) in [5, 5.41) is 10.00. The van der Waals surface area contributed by atoms with Crippen molar-refractivity contribution in [3.8, 4) is 5.75 Å². The van der Waals surface area contributed by atoms with Crippen molar-refractivity contribution in [3.63, 3.8) is 0 Å². The highest BCUT2D eigenvalue weighted by Crippen LogP contribution is 2.27. The monoisotopic (exact) mass is 381 g/mol. The lowest BCUT2D eigenvalue weighted by molar-refractivity contribution is -0.136. The summed E-state index contributed by atoms with van der Waals surface area (Å²) in [5.41, 5.74) is 0.819. The number of para-hydroxylation sites is 2. The van der Waals surface area contributed by atoms with Gasteiger partial charge in [-0.05, 0) is 25.5 Å². The van der Waals surface area contributed by atoms with Gasteiger partial charge in [-0.1, -0.05) is 12.1 Å². The molecule has 1 aromatic carbocycles. The number of benzene rings is 1. The zero-order chi connectivity index (χ0) is 18.9. The number of hydrogen-bond acceptors (Lipinski definition) is 6. The molecule has 0 bridgehead atoms. The van der Waals surface area contributed by atoms with Gasteiger partial charge in [-0.15, -0.1) is 0 Å². The number of aromatic hydroxyl groups is 1. The van der Waals surface area contributed by atoms with E-state index in [-0.39, 0.29) is 35.2 Å². The average molecular weight is 381 g/mol. The maximum absolute atomic E-state index is 12.8. The third-order valence-corrected chi connectivity index (χ3v) is 7.30. The highest BCUT2D eigenvalue weighted by Gasteiger charge is 2.36. The van der Waals surface area contributed by atoms with Crippen molar-refractivity contribution in [1.82, 2.24) is 9.80 Å². The van der Waals surface area contributed by atoms with E-state index in [1.54, 1.807) is 24.1 Å². The first-order chi connectivity index (χ1) is 12.3. The average Bonchev–Trinajstić information content (AvgIpc) is 3.00. The van der Waals surface area contributed by atoms with Crippen LogP contribution in [-0.2, 0) is 14.6 Å². The lowest BCUT2D eigenvalue weighted by Crippen LogP contribution is -2.55. The largest absolute Gasteiger partial charge is 0.506 e. The van der Waals surface area contributed by atoms with Crippen LogP contribution < -0.4 is 4.90 Å². The minimum Gasteiger partial charge on any atom is -0.506 e. The third-order valence-electron chi connectivity index (χ3n) is 5.55. The second-order valence-electron chi connectivity index (χ2n) is 7.19. The molecular formula is C18H27N3O4S. The minimum absolute atomic E-state index is 0.0249. The van der Waals surface area contributed by atoms with Crippen LogP contribution in [0.15, 0.2) is 24.3 Å². The summed E-state index contributed by atoms with van der Waals surface area (Å²) in [4.78, 5) is 18.6. The number of anilines is 1. The van der Waals surface area contributed by atoms with Crippen molar-refractivity contribution in [2.45, 2.75) is 25.4 Å². The zero-order valence-corrected chi connectivity index (χ0v) is 16.2. The maximum Gasteiger partial charge on any atom is 0.239 e. The van der Waals surface area contributed by atoms with Crippen LogP contribution in [0, 0.1) is 0 Å². The van der Waals surface area contributed by atoms with Crippen LogP contribution in [0.4, 0.5) is 5.69 Å². The highest BCUT2D eigenvalue weighted by atomic mass is 32.2. The number of nitrogens with zero attached hydrogens (tertiary/aromatic N) is 3. The van der Waals surface area contributed by atoms with Gasteiger partial charge in [-0.25, -0.2) is 8.42 Å². The Kier molecular flexibility index (Phi) is 5.43. The summed E-state index contributed by atoms with van der Waals surface area (Å²) < 4.78 is 23.3. The zero-order valence-electron chi connectivity index (χ0n) is 15.3. The fraction of sp³-hybridized carbons (Fsp3) is 0.611. The molecule has 7 nitrogen and oxygen atoms in total. The van der Waals surface area contributed by atoms with E-state index in [2.05, 4.69) is 9.80 Å². The molecule has 2 atom stereocenters. The number of hydrogen-bond donors (Lipinski definition) is 1. The summed E-state index contributed by atoms with van der Waals surface area (Å²) in [6.07, 6.45) is 0.526. The molecular weight excluding hydrogens is 354 g/mol. The lowest BCUT2D eigenvalue weighted by Gasteiger charge is -2.40. The van der Waals surface area contributed by atoms with Gasteiger partial charge in [-0.3, -0.25) is 9.69 Å². The Morgan fingerprint density at radius 3 is 2.46 bits per heavy atom. The van der Waals surface area contributed by atoms with Crippen molar-refractivity contribution in [2.24, 2.45) is 0 Å². The molecule has 26 heavy (non-hydrogen) atoms. The Labute approximate surface area is 155 Å². The SMILES string of the molecule is C[C@H](C(=O)N(C)[C@H]1CCS(=O)(=O)C1)N1CCN(c2ccccc2O)CC1. The fourth-order valence-corrected chi connectivity index (χ4v) is 5.57. The summed E-state index contributed by atoms with van der Waals surface area (Å²) in [5.74, 6) is 0.488. The molecule has 2 saturated heterocycles. The molecule has 0 unspecified atom stereocenters. The van der Waals surface area contributed by atoms with Crippen LogP contribution in [-0.4, -0.2) is 86.0 Å². The molecule has 2 fully saturated rings. The van der Waals surface area contributed by atoms with Gasteiger partial charge < -0.3 is 14.9 Å². The number of likely N-dealkylation sites (N-methyl/N-ethyl adjacent to an activating group) is 1. The number of carbonyl (C=O) groups is 1. The summed E-state index contributed by atoms with van der Waals surface area (Å²) in [7, 11) is -1.29.